The summed E-state index contributed by atoms with van der Waals surface area (Å²) in [5.41, 5.74) is 7.75. The number of nitrogens with zero attached hydrogens (tertiary/aromatic N) is 2. The first-order valence-electron chi connectivity index (χ1n) is 5.92. The Morgan fingerprint density at radius 3 is 2.56 bits per heavy atom. The van der Waals surface area contributed by atoms with Crippen molar-refractivity contribution in [1.82, 2.24) is 9.78 Å². The van der Waals surface area contributed by atoms with E-state index in [2.05, 4.69) is 25.9 Å². The van der Waals surface area contributed by atoms with Gasteiger partial charge in [0, 0.05) is 11.6 Å². The fourth-order valence-corrected chi connectivity index (χ4v) is 1.90. The van der Waals surface area contributed by atoms with E-state index in [0.717, 1.165) is 17.0 Å². The molecule has 18 heavy (non-hydrogen) atoms. The van der Waals surface area contributed by atoms with Crippen molar-refractivity contribution in [3.63, 3.8) is 0 Å². The Morgan fingerprint density at radius 1 is 1.22 bits per heavy atom. The molecule has 2 aromatic rings. The summed E-state index contributed by atoms with van der Waals surface area (Å²) >= 11 is 0. The molecule has 4 heteroatoms. The number of nitrogens with two attached hydrogens (primary N) is 1. The molecule has 0 radical (unpaired) electrons. The van der Waals surface area contributed by atoms with E-state index in [1.54, 1.807) is 7.11 Å². The van der Waals surface area contributed by atoms with E-state index >= 15 is 0 Å². The van der Waals surface area contributed by atoms with Gasteiger partial charge < -0.3 is 10.5 Å². The molecule has 2 rings (SSSR count). The van der Waals surface area contributed by atoms with Crippen LogP contribution in [0, 0.1) is 0 Å². The molecular weight excluding hydrogens is 226 g/mol. The molecule has 0 aliphatic carbocycles. The maximum atomic E-state index is 5.82. The highest BCUT2D eigenvalue weighted by Crippen LogP contribution is 2.29. The molecule has 0 spiro atoms. The average molecular weight is 245 g/mol. The van der Waals surface area contributed by atoms with Gasteiger partial charge >= 0.3 is 0 Å². The van der Waals surface area contributed by atoms with Gasteiger partial charge in [0.05, 0.1) is 18.3 Å². The van der Waals surface area contributed by atoms with Crippen molar-refractivity contribution in [3.05, 3.63) is 30.3 Å². The summed E-state index contributed by atoms with van der Waals surface area (Å²) in [6.07, 6.45) is 0. The fourth-order valence-electron chi connectivity index (χ4n) is 1.90. The molecular formula is C14H19N3O. The van der Waals surface area contributed by atoms with Crippen molar-refractivity contribution >= 4 is 5.82 Å². The topological polar surface area (TPSA) is 53.1 Å². The van der Waals surface area contributed by atoms with Gasteiger partial charge in [-0.3, -0.25) is 4.68 Å². The Labute approximate surface area is 107 Å². The van der Waals surface area contributed by atoms with Crippen molar-refractivity contribution in [1.29, 1.82) is 0 Å². The van der Waals surface area contributed by atoms with E-state index in [1.165, 1.54) is 0 Å². The summed E-state index contributed by atoms with van der Waals surface area (Å²) in [6, 6.07) is 9.79. The Hall–Kier alpha value is -1.97. The molecule has 0 atom stereocenters. The Morgan fingerprint density at radius 2 is 1.94 bits per heavy atom. The number of hydrogen-bond donors (Lipinski definition) is 1. The molecule has 0 bridgehead atoms. The third kappa shape index (κ3) is 2.32. The monoisotopic (exact) mass is 245 g/mol. The van der Waals surface area contributed by atoms with Crippen molar-refractivity contribution in [3.8, 4) is 17.0 Å². The van der Waals surface area contributed by atoms with E-state index in [9.17, 15) is 0 Å². The maximum absolute atomic E-state index is 5.82. The molecule has 1 aromatic heterocycles. The van der Waals surface area contributed by atoms with E-state index in [4.69, 9.17) is 10.5 Å². The maximum Gasteiger partial charge on any atom is 0.146 e. The van der Waals surface area contributed by atoms with Crippen LogP contribution in [-0.2, 0) is 5.54 Å². The van der Waals surface area contributed by atoms with E-state index < -0.39 is 0 Å². The number of hydrogen-bond acceptors (Lipinski definition) is 3. The molecule has 0 aliphatic heterocycles. The number of aromatic nitrogens is 2. The summed E-state index contributed by atoms with van der Waals surface area (Å²) in [4.78, 5) is 0. The SMILES string of the molecule is COc1cccc(-c2cc(N)nn2C(C)(C)C)c1. The van der Waals surface area contributed by atoms with Crippen LogP contribution < -0.4 is 10.5 Å². The van der Waals surface area contributed by atoms with Crippen molar-refractivity contribution in [2.24, 2.45) is 0 Å². The second-order valence-electron chi connectivity index (χ2n) is 5.27. The van der Waals surface area contributed by atoms with Gasteiger partial charge in [0.25, 0.3) is 0 Å². The van der Waals surface area contributed by atoms with Crippen LogP contribution in [0.15, 0.2) is 30.3 Å². The van der Waals surface area contributed by atoms with E-state index in [0.29, 0.717) is 5.82 Å². The van der Waals surface area contributed by atoms with Crippen LogP contribution >= 0.6 is 0 Å². The third-order valence-corrected chi connectivity index (χ3v) is 2.73. The smallest absolute Gasteiger partial charge is 0.146 e. The van der Waals surface area contributed by atoms with Crippen LogP contribution in [0.1, 0.15) is 20.8 Å². The zero-order valence-corrected chi connectivity index (χ0v) is 11.3. The van der Waals surface area contributed by atoms with E-state index in [1.807, 2.05) is 35.0 Å². The number of rotatable bonds is 2. The molecule has 1 heterocycles. The molecule has 4 nitrogen and oxygen atoms in total. The second-order valence-corrected chi connectivity index (χ2v) is 5.27. The summed E-state index contributed by atoms with van der Waals surface area (Å²) < 4.78 is 7.19. The van der Waals surface area contributed by atoms with Gasteiger partial charge in [-0.15, -0.1) is 0 Å². The van der Waals surface area contributed by atoms with E-state index in [-0.39, 0.29) is 5.54 Å². The van der Waals surface area contributed by atoms with Gasteiger partial charge in [-0.05, 0) is 32.9 Å². The van der Waals surface area contributed by atoms with Gasteiger partial charge in [-0.25, -0.2) is 0 Å². The quantitative estimate of drug-likeness (QED) is 0.885. The summed E-state index contributed by atoms with van der Waals surface area (Å²) in [5, 5.41) is 4.37. The highest BCUT2D eigenvalue weighted by molar-refractivity contribution is 5.64. The first kappa shape index (κ1) is 12.5. The zero-order valence-electron chi connectivity index (χ0n) is 11.3. The minimum absolute atomic E-state index is 0.115. The molecule has 1 aromatic carbocycles. The van der Waals surface area contributed by atoms with Gasteiger partial charge in [0.1, 0.15) is 11.6 Å². The number of nitrogen functional groups attached to an aromatic ring is 1. The lowest BCUT2D eigenvalue weighted by Gasteiger charge is -2.22. The molecule has 0 aliphatic rings. The fraction of sp³-hybridized carbons (Fsp3) is 0.357. The molecule has 2 N–H and O–H groups in total. The van der Waals surface area contributed by atoms with Crippen molar-refractivity contribution in [2.75, 3.05) is 12.8 Å². The lowest BCUT2D eigenvalue weighted by molar-refractivity contribution is 0.361. The third-order valence-electron chi connectivity index (χ3n) is 2.73. The summed E-state index contributed by atoms with van der Waals surface area (Å²) in [7, 11) is 1.66. The average Bonchev–Trinajstić information content (AvgIpc) is 2.71. The standard InChI is InChI=1S/C14H19N3O/c1-14(2,3)17-12(9-13(15)16-17)10-6-5-7-11(8-10)18-4/h5-9H,1-4H3,(H2,15,16). The number of ether oxygens (including phenoxy) is 1. The predicted octanol–water partition coefficient (Wildman–Crippen LogP) is 2.90. The van der Waals surface area contributed by atoms with Gasteiger partial charge in [-0.2, -0.15) is 5.10 Å². The van der Waals surface area contributed by atoms with Gasteiger partial charge in [0.15, 0.2) is 0 Å². The Balaban J connectivity index is 2.56. The highest BCUT2D eigenvalue weighted by Gasteiger charge is 2.20. The molecule has 0 amide bonds. The number of anilines is 1. The molecule has 0 saturated carbocycles. The molecule has 0 saturated heterocycles. The normalized spacial score (nSPS) is 11.6. The summed E-state index contributed by atoms with van der Waals surface area (Å²) in [6.45, 7) is 6.30. The Kier molecular flexibility index (Phi) is 3.03. The molecule has 0 fully saturated rings. The number of benzene rings is 1. The lowest BCUT2D eigenvalue weighted by Crippen LogP contribution is -2.24. The minimum atomic E-state index is -0.115. The van der Waals surface area contributed by atoms with Crippen LogP contribution in [-0.4, -0.2) is 16.9 Å². The summed E-state index contributed by atoms with van der Waals surface area (Å²) in [5.74, 6) is 1.36. The van der Waals surface area contributed by atoms with Crippen molar-refractivity contribution < 1.29 is 4.74 Å². The largest absolute Gasteiger partial charge is 0.497 e. The van der Waals surface area contributed by atoms with Crippen LogP contribution in [0.2, 0.25) is 0 Å². The second kappa shape index (κ2) is 4.37. The molecule has 96 valence electrons. The van der Waals surface area contributed by atoms with Gasteiger partial charge in [0.2, 0.25) is 0 Å². The minimum Gasteiger partial charge on any atom is -0.497 e. The first-order valence-corrected chi connectivity index (χ1v) is 5.92. The van der Waals surface area contributed by atoms with Crippen molar-refractivity contribution in [2.45, 2.75) is 26.3 Å². The molecule has 0 unspecified atom stereocenters. The van der Waals surface area contributed by atoms with Crippen LogP contribution in [0.3, 0.4) is 0 Å². The van der Waals surface area contributed by atoms with Crippen LogP contribution in [0.25, 0.3) is 11.3 Å². The predicted molar refractivity (Wildman–Crippen MR) is 73.6 cm³/mol. The zero-order chi connectivity index (χ0) is 13.3. The Bertz CT molecular complexity index is 552. The van der Waals surface area contributed by atoms with Crippen LogP contribution in [0.4, 0.5) is 5.82 Å². The number of methoxy groups -OCH3 is 1. The lowest BCUT2D eigenvalue weighted by atomic mass is 10.1. The first-order chi connectivity index (χ1) is 8.41. The van der Waals surface area contributed by atoms with Crippen LogP contribution in [0.5, 0.6) is 5.75 Å². The highest BCUT2D eigenvalue weighted by atomic mass is 16.5. The van der Waals surface area contributed by atoms with Gasteiger partial charge in [-0.1, -0.05) is 12.1 Å².